The number of methoxy groups -OCH3 is 1. The predicted molar refractivity (Wildman–Crippen MR) is 109 cm³/mol. The first-order valence-electron chi connectivity index (χ1n) is 8.06. The van der Waals surface area contributed by atoms with Crippen molar-refractivity contribution >= 4 is 47.6 Å². The maximum Gasteiger partial charge on any atom is 0.272 e. The highest BCUT2D eigenvalue weighted by molar-refractivity contribution is 9.10. The van der Waals surface area contributed by atoms with Crippen molar-refractivity contribution in [1.29, 1.82) is 0 Å². The average molecular weight is 444 g/mol. The summed E-state index contributed by atoms with van der Waals surface area (Å²) in [5, 5.41) is 1.62. The third-order valence-corrected chi connectivity index (χ3v) is 6.65. The van der Waals surface area contributed by atoms with E-state index in [1.165, 1.54) is 12.1 Å². The van der Waals surface area contributed by atoms with E-state index in [1.54, 1.807) is 55.6 Å². The van der Waals surface area contributed by atoms with Crippen LogP contribution in [0.25, 0.3) is 21.7 Å². The van der Waals surface area contributed by atoms with E-state index >= 15 is 0 Å². The van der Waals surface area contributed by atoms with Crippen LogP contribution in [0.15, 0.2) is 80.9 Å². The van der Waals surface area contributed by atoms with Crippen molar-refractivity contribution in [1.82, 2.24) is 3.97 Å². The van der Waals surface area contributed by atoms with Gasteiger partial charge in [0, 0.05) is 20.6 Å². The molecule has 0 aliphatic carbocycles. The van der Waals surface area contributed by atoms with E-state index in [-0.39, 0.29) is 4.90 Å². The molecule has 0 spiro atoms. The fourth-order valence-corrected chi connectivity index (χ4v) is 4.80. The lowest BCUT2D eigenvalue weighted by Gasteiger charge is -2.14. The summed E-state index contributed by atoms with van der Waals surface area (Å²) in [5.41, 5.74) is -0.263. The standard InChI is InChI=1S/C20H14BrNO4S/c1-26-14-8-11-17-18(12-14)16-4-2-3-5-19(16)22(20(17)23)27(24,25)15-9-6-13(21)7-10-15/h2-12H,1H3. The van der Waals surface area contributed by atoms with E-state index in [4.69, 9.17) is 4.74 Å². The highest BCUT2D eigenvalue weighted by atomic mass is 79.9. The number of ether oxygens (including phenoxy) is 1. The van der Waals surface area contributed by atoms with Gasteiger partial charge in [0.2, 0.25) is 0 Å². The summed E-state index contributed by atoms with van der Waals surface area (Å²) < 4.78 is 33.4. The van der Waals surface area contributed by atoms with E-state index in [1.807, 2.05) is 6.07 Å². The van der Waals surface area contributed by atoms with Crippen molar-refractivity contribution in [3.8, 4) is 5.75 Å². The predicted octanol–water partition coefficient (Wildman–Crippen LogP) is 4.16. The molecule has 0 fully saturated rings. The molecule has 0 saturated heterocycles. The van der Waals surface area contributed by atoms with Gasteiger partial charge in [-0.1, -0.05) is 34.1 Å². The van der Waals surface area contributed by atoms with Crippen molar-refractivity contribution in [3.63, 3.8) is 0 Å². The lowest BCUT2D eigenvalue weighted by molar-refractivity contribution is 0.415. The molecule has 0 unspecified atom stereocenters. The fraction of sp³-hybridized carbons (Fsp3) is 0.0500. The molecule has 7 heteroatoms. The molecule has 1 aromatic heterocycles. The van der Waals surface area contributed by atoms with Gasteiger partial charge >= 0.3 is 0 Å². The van der Waals surface area contributed by atoms with Crippen LogP contribution in [0, 0.1) is 0 Å². The number of hydrogen-bond donors (Lipinski definition) is 0. The number of fused-ring (bicyclic) bond motifs is 3. The average Bonchev–Trinajstić information content (AvgIpc) is 2.68. The van der Waals surface area contributed by atoms with Gasteiger partial charge in [-0.15, -0.1) is 0 Å². The smallest absolute Gasteiger partial charge is 0.272 e. The molecule has 27 heavy (non-hydrogen) atoms. The van der Waals surface area contributed by atoms with Crippen molar-refractivity contribution in [2.45, 2.75) is 4.90 Å². The number of halogens is 1. The van der Waals surface area contributed by atoms with Crippen LogP contribution in [0.2, 0.25) is 0 Å². The molecule has 0 saturated carbocycles. The van der Waals surface area contributed by atoms with E-state index in [0.29, 0.717) is 27.4 Å². The zero-order valence-corrected chi connectivity index (χ0v) is 16.6. The SMILES string of the molecule is COc1ccc2c(=O)n(S(=O)(=O)c3ccc(Br)cc3)c3ccccc3c2c1. The molecule has 4 rings (SSSR count). The zero-order valence-electron chi connectivity index (χ0n) is 14.2. The molecule has 5 nitrogen and oxygen atoms in total. The summed E-state index contributed by atoms with van der Waals surface area (Å²) >= 11 is 3.29. The quantitative estimate of drug-likeness (QED) is 0.445. The molecule has 0 N–H and O–H groups in total. The Morgan fingerprint density at radius 1 is 0.889 bits per heavy atom. The van der Waals surface area contributed by atoms with Gasteiger partial charge in [-0.25, -0.2) is 8.42 Å². The number of hydrogen-bond acceptors (Lipinski definition) is 4. The Hall–Kier alpha value is -2.64. The normalized spacial score (nSPS) is 11.8. The Morgan fingerprint density at radius 2 is 1.59 bits per heavy atom. The second-order valence-electron chi connectivity index (χ2n) is 5.96. The summed E-state index contributed by atoms with van der Waals surface area (Å²) in [7, 11) is -2.52. The van der Waals surface area contributed by atoms with Gasteiger partial charge < -0.3 is 4.74 Å². The zero-order chi connectivity index (χ0) is 19.2. The third-order valence-electron chi connectivity index (χ3n) is 4.41. The second kappa shape index (κ2) is 6.51. The number of pyridine rings is 1. The van der Waals surface area contributed by atoms with Gasteiger partial charge in [-0.05, 0) is 48.5 Å². The molecule has 0 bridgehead atoms. The molecule has 4 aromatic rings. The van der Waals surface area contributed by atoms with E-state index in [2.05, 4.69) is 15.9 Å². The summed E-state index contributed by atoms with van der Waals surface area (Å²) in [6.45, 7) is 0. The molecule has 1 heterocycles. The van der Waals surface area contributed by atoms with Crippen LogP contribution in [0.3, 0.4) is 0 Å². The van der Waals surface area contributed by atoms with Crippen LogP contribution in [-0.2, 0) is 10.0 Å². The summed E-state index contributed by atoms with van der Waals surface area (Å²) in [6, 6.07) is 18.1. The van der Waals surface area contributed by atoms with Crippen LogP contribution in [0.4, 0.5) is 0 Å². The molecule has 0 radical (unpaired) electrons. The topological polar surface area (TPSA) is 65.4 Å². The molecule has 136 valence electrons. The number of nitrogens with zero attached hydrogens (tertiary/aromatic N) is 1. The van der Waals surface area contributed by atoms with Crippen LogP contribution in [-0.4, -0.2) is 19.5 Å². The first-order valence-corrected chi connectivity index (χ1v) is 10.3. The van der Waals surface area contributed by atoms with E-state index < -0.39 is 15.6 Å². The lowest BCUT2D eigenvalue weighted by Crippen LogP contribution is -2.28. The Balaban J connectivity index is 2.16. The van der Waals surface area contributed by atoms with Crippen LogP contribution in [0.5, 0.6) is 5.75 Å². The summed E-state index contributed by atoms with van der Waals surface area (Å²) in [4.78, 5) is 13.2. The van der Waals surface area contributed by atoms with Crippen LogP contribution >= 0.6 is 15.9 Å². The highest BCUT2D eigenvalue weighted by Gasteiger charge is 2.23. The van der Waals surface area contributed by atoms with Gasteiger partial charge in [0.25, 0.3) is 15.6 Å². The first-order chi connectivity index (χ1) is 12.9. The Morgan fingerprint density at radius 3 is 2.30 bits per heavy atom. The van der Waals surface area contributed by atoms with E-state index in [9.17, 15) is 13.2 Å². The van der Waals surface area contributed by atoms with Crippen molar-refractivity contribution in [2.75, 3.05) is 7.11 Å². The van der Waals surface area contributed by atoms with Crippen LogP contribution in [0.1, 0.15) is 0 Å². The molecule has 0 amide bonds. The van der Waals surface area contributed by atoms with Crippen LogP contribution < -0.4 is 10.3 Å². The van der Waals surface area contributed by atoms with Gasteiger partial charge in [0.05, 0.1) is 17.5 Å². The molecule has 3 aromatic carbocycles. The van der Waals surface area contributed by atoms with Gasteiger partial charge in [0.1, 0.15) is 5.75 Å². The molecular weight excluding hydrogens is 430 g/mol. The Bertz CT molecular complexity index is 1340. The highest BCUT2D eigenvalue weighted by Crippen LogP contribution is 2.28. The monoisotopic (exact) mass is 443 g/mol. The molecule has 0 atom stereocenters. The van der Waals surface area contributed by atoms with E-state index in [0.717, 1.165) is 8.45 Å². The Labute approximate surface area is 164 Å². The van der Waals surface area contributed by atoms with Crippen molar-refractivity contribution < 1.29 is 13.2 Å². The summed E-state index contributed by atoms with van der Waals surface area (Å²) in [5.74, 6) is 0.598. The minimum atomic E-state index is -4.07. The van der Waals surface area contributed by atoms with Gasteiger partial charge in [-0.2, -0.15) is 3.97 Å². The number of para-hydroxylation sites is 1. The second-order valence-corrected chi connectivity index (χ2v) is 8.66. The van der Waals surface area contributed by atoms with Gasteiger partial charge in [0.15, 0.2) is 0 Å². The number of benzene rings is 3. The minimum absolute atomic E-state index is 0.0471. The third kappa shape index (κ3) is 2.83. The van der Waals surface area contributed by atoms with Crippen molar-refractivity contribution in [2.24, 2.45) is 0 Å². The molecular formula is C20H14BrNO4S. The number of rotatable bonds is 3. The largest absolute Gasteiger partial charge is 0.497 e. The van der Waals surface area contributed by atoms with Crippen molar-refractivity contribution in [3.05, 3.63) is 81.6 Å². The fourth-order valence-electron chi connectivity index (χ4n) is 3.11. The molecule has 0 aliphatic rings. The first kappa shape index (κ1) is 17.8. The Kier molecular flexibility index (Phi) is 4.28. The summed E-state index contributed by atoms with van der Waals surface area (Å²) in [6.07, 6.45) is 0. The molecule has 0 aliphatic heterocycles. The maximum absolute atomic E-state index is 13.3. The lowest BCUT2D eigenvalue weighted by atomic mass is 10.1. The maximum atomic E-state index is 13.3. The number of aromatic nitrogens is 1. The van der Waals surface area contributed by atoms with Gasteiger partial charge in [-0.3, -0.25) is 4.79 Å². The minimum Gasteiger partial charge on any atom is -0.497 e.